The Morgan fingerprint density at radius 2 is 1.76 bits per heavy atom. The number of nitriles is 1. The average Bonchev–Trinajstić information content (AvgIpc) is 2.82. The van der Waals surface area contributed by atoms with Crippen LogP contribution in [0.25, 0.3) is 5.70 Å². The van der Waals surface area contributed by atoms with Gasteiger partial charge in [0.05, 0.1) is 37.5 Å². The van der Waals surface area contributed by atoms with Crippen molar-refractivity contribution in [1.82, 2.24) is 4.67 Å². The predicted octanol–water partition coefficient (Wildman–Crippen LogP) is 4.69. The molecule has 33 heavy (non-hydrogen) atoms. The number of nitro benzene ring substituents is 1. The molecule has 0 aliphatic rings. The number of benzene rings is 2. The van der Waals surface area contributed by atoms with Crippen molar-refractivity contribution in [1.29, 1.82) is 5.26 Å². The van der Waals surface area contributed by atoms with Crippen molar-refractivity contribution in [3.05, 3.63) is 81.4 Å². The van der Waals surface area contributed by atoms with E-state index in [9.17, 15) is 24.7 Å². The Bertz CT molecular complexity index is 1100. The quantitative estimate of drug-likeness (QED) is 0.114. The van der Waals surface area contributed by atoms with Crippen LogP contribution < -0.4 is 0 Å². The fourth-order valence-corrected chi connectivity index (χ4v) is 4.84. The highest BCUT2D eigenvalue weighted by Gasteiger charge is 2.38. The topological polar surface area (TPSA) is 132 Å². The zero-order valence-electron chi connectivity index (χ0n) is 18.5. The van der Waals surface area contributed by atoms with E-state index in [-0.39, 0.29) is 36.7 Å². The molecule has 0 fully saturated rings. The van der Waals surface area contributed by atoms with E-state index in [0.29, 0.717) is 5.56 Å². The van der Waals surface area contributed by atoms with Crippen LogP contribution in [0.15, 0.2) is 60.2 Å². The molecular weight excluding hydrogens is 449 g/mol. The number of carbonyl (C=O) groups excluding carboxylic acids is 1. The normalized spacial score (nSPS) is 11.8. The standard InChI is InChI=1S/C22H24N3O7P/c1-4-31-33(29,32-5-2)24(16-17-10-7-6-8-11-17)21(20(15-23)22(26)30-3)18-12-9-13-19(14-18)25(27)28/h6-14H,4-5,16H2,1-3H3. The fraction of sp³-hybridized carbons (Fsp3) is 0.273. The number of rotatable bonds is 11. The molecule has 0 aliphatic heterocycles. The van der Waals surface area contributed by atoms with Gasteiger partial charge in [-0.15, -0.1) is 0 Å². The van der Waals surface area contributed by atoms with Gasteiger partial charge in [0.15, 0.2) is 5.57 Å². The van der Waals surface area contributed by atoms with E-state index in [1.807, 2.05) is 0 Å². The third-order valence-corrected chi connectivity index (χ3v) is 6.48. The summed E-state index contributed by atoms with van der Waals surface area (Å²) in [6.07, 6.45) is 0. The number of non-ortho nitro benzene ring substituents is 1. The van der Waals surface area contributed by atoms with Crippen LogP contribution in [-0.2, 0) is 29.7 Å². The molecule has 0 saturated carbocycles. The van der Waals surface area contributed by atoms with E-state index in [1.165, 1.54) is 28.9 Å². The van der Waals surface area contributed by atoms with Crippen LogP contribution in [0.2, 0.25) is 0 Å². The maximum atomic E-state index is 13.9. The van der Waals surface area contributed by atoms with Crippen molar-refractivity contribution in [2.75, 3.05) is 20.3 Å². The van der Waals surface area contributed by atoms with E-state index >= 15 is 0 Å². The van der Waals surface area contributed by atoms with E-state index in [4.69, 9.17) is 13.8 Å². The van der Waals surface area contributed by atoms with Gasteiger partial charge >= 0.3 is 13.7 Å². The van der Waals surface area contributed by atoms with Crippen LogP contribution >= 0.6 is 7.75 Å². The van der Waals surface area contributed by atoms with Gasteiger partial charge in [-0.05, 0) is 19.4 Å². The second-order valence-corrected chi connectivity index (χ2v) is 8.42. The summed E-state index contributed by atoms with van der Waals surface area (Å²) in [6, 6.07) is 15.9. The number of methoxy groups -OCH3 is 1. The monoisotopic (exact) mass is 473 g/mol. The number of carbonyl (C=O) groups is 1. The van der Waals surface area contributed by atoms with Crippen LogP contribution in [0, 0.1) is 21.4 Å². The Hall–Kier alpha value is -3.51. The number of ether oxygens (including phenoxy) is 1. The molecule has 0 spiro atoms. The zero-order chi connectivity index (χ0) is 24.4. The van der Waals surface area contributed by atoms with Crippen molar-refractivity contribution in [2.24, 2.45) is 0 Å². The number of nitro groups is 1. The zero-order valence-corrected chi connectivity index (χ0v) is 19.4. The lowest BCUT2D eigenvalue weighted by Crippen LogP contribution is -2.25. The van der Waals surface area contributed by atoms with E-state index < -0.39 is 24.2 Å². The molecule has 10 nitrogen and oxygen atoms in total. The number of esters is 1. The second kappa shape index (κ2) is 11.9. The summed E-state index contributed by atoms with van der Waals surface area (Å²) in [5.74, 6) is -1.00. The lowest BCUT2D eigenvalue weighted by molar-refractivity contribution is -0.384. The third-order valence-electron chi connectivity index (χ3n) is 4.38. The van der Waals surface area contributed by atoms with Gasteiger partial charge in [0, 0.05) is 17.7 Å². The first kappa shape index (κ1) is 25.7. The molecule has 2 aromatic rings. The van der Waals surface area contributed by atoms with Gasteiger partial charge in [-0.2, -0.15) is 5.26 Å². The highest BCUT2D eigenvalue weighted by Crippen LogP contribution is 2.57. The molecule has 0 aliphatic carbocycles. The molecular formula is C22H24N3O7P. The van der Waals surface area contributed by atoms with Gasteiger partial charge < -0.3 is 4.74 Å². The minimum absolute atomic E-state index is 0.00486. The second-order valence-electron chi connectivity index (χ2n) is 6.48. The molecule has 0 aromatic heterocycles. The summed E-state index contributed by atoms with van der Waals surface area (Å²) in [4.78, 5) is 23.3. The molecule has 0 atom stereocenters. The third kappa shape index (κ3) is 6.26. The number of nitrogens with zero attached hydrogens (tertiary/aromatic N) is 3. The molecule has 2 rings (SSSR count). The summed E-state index contributed by atoms with van der Waals surface area (Å²) in [5, 5.41) is 21.2. The van der Waals surface area contributed by atoms with Gasteiger partial charge in [-0.1, -0.05) is 42.5 Å². The Morgan fingerprint density at radius 3 is 2.27 bits per heavy atom. The first-order valence-corrected chi connectivity index (χ1v) is 11.5. The van der Waals surface area contributed by atoms with E-state index in [1.54, 1.807) is 50.2 Å². The Labute approximate surface area is 191 Å². The molecule has 0 amide bonds. The Balaban J connectivity index is 2.90. The minimum Gasteiger partial charge on any atom is -0.465 e. The van der Waals surface area contributed by atoms with Crippen molar-refractivity contribution in [3.63, 3.8) is 0 Å². The molecule has 0 bridgehead atoms. The van der Waals surface area contributed by atoms with Crippen molar-refractivity contribution in [2.45, 2.75) is 20.4 Å². The first-order chi connectivity index (χ1) is 15.8. The van der Waals surface area contributed by atoms with Crippen molar-refractivity contribution < 1.29 is 28.1 Å². The molecule has 11 heteroatoms. The summed E-state index contributed by atoms with van der Waals surface area (Å²) in [5.41, 5.74) is -0.186. The van der Waals surface area contributed by atoms with Gasteiger partial charge in [0.25, 0.3) is 5.69 Å². The Kier molecular flexibility index (Phi) is 9.30. The summed E-state index contributed by atoms with van der Waals surface area (Å²) in [6.45, 7) is 3.16. The SMILES string of the molecule is CCOP(=O)(OCC)N(Cc1ccccc1)C(=C(C#N)C(=O)OC)c1cccc([N+](=O)[O-])c1. The highest BCUT2D eigenvalue weighted by atomic mass is 31.2. The highest BCUT2D eigenvalue weighted by molar-refractivity contribution is 7.51. The summed E-state index contributed by atoms with van der Waals surface area (Å²) >= 11 is 0. The Morgan fingerprint density at radius 1 is 1.12 bits per heavy atom. The smallest absolute Gasteiger partial charge is 0.435 e. The van der Waals surface area contributed by atoms with Crippen LogP contribution in [0.1, 0.15) is 25.0 Å². The van der Waals surface area contributed by atoms with Gasteiger partial charge in [0.1, 0.15) is 6.07 Å². The average molecular weight is 473 g/mol. The van der Waals surface area contributed by atoms with Crippen molar-refractivity contribution in [3.8, 4) is 6.07 Å². The molecule has 0 N–H and O–H groups in total. The van der Waals surface area contributed by atoms with Crippen LogP contribution in [0.5, 0.6) is 0 Å². The lowest BCUT2D eigenvalue weighted by atomic mass is 10.1. The maximum Gasteiger partial charge on any atom is 0.435 e. The van der Waals surface area contributed by atoms with Crippen molar-refractivity contribution >= 4 is 25.1 Å². The van der Waals surface area contributed by atoms with Gasteiger partial charge in [0.2, 0.25) is 0 Å². The van der Waals surface area contributed by atoms with Crippen LogP contribution in [-0.4, -0.2) is 35.9 Å². The minimum atomic E-state index is -4.13. The molecule has 174 valence electrons. The van der Waals surface area contributed by atoms with E-state index in [0.717, 1.165) is 7.11 Å². The molecule has 0 unspecified atom stereocenters. The lowest BCUT2D eigenvalue weighted by Gasteiger charge is -2.33. The van der Waals surface area contributed by atoms with Gasteiger partial charge in [-0.25, -0.2) is 9.36 Å². The molecule has 0 saturated heterocycles. The molecule has 0 heterocycles. The van der Waals surface area contributed by atoms with Crippen LogP contribution in [0.3, 0.4) is 0 Å². The fourth-order valence-electron chi connectivity index (χ4n) is 3.03. The molecule has 0 radical (unpaired) electrons. The van der Waals surface area contributed by atoms with E-state index in [2.05, 4.69) is 0 Å². The largest absolute Gasteiger partial charge is 0.465 e. The summed E-state index contributed by atoms with van der Waals surface area (Å²) < 4.78 is 30.9. The maximum absolute atomic E-state index is 13.9. The van der Waals surface area contributed by atoms with Crippen LogP contribution in [0.4, 0.5) is 5.69 Å². The predicted molar refractivity (Wildman–Crippen MR) is 120 cm³/mol. The molecule has 2 aromatic carbocycles. The number of hydrogen-bond donors (Lipinski definition) is 0. The first-order valence-electron chi connectivity index (χ1n) is 9.99. The number of hydrogen-bond acceptors (Lipinski definition) is 8. The van der Waals surface area contributed by atoms with Gasteiger partial charge in [-0.3, -0.25) is 23.8 Å². The summed E-state index contributed by atoms with van der Waals surface area (Å²) in [7, 11) is -3.03.